The molecule has 0 spiro atoms. The first-order valence-electron chi connectivity index (χ1n) is 10.9. The first kappa shape index (κ1) is 26.1. The molecule has 0 aliphatic carbocycles. The highest BCUT2D eigenvalue weighted by Gasteiger charge is 2.34. The lowest BCUT2D eigenvalue weighted by Crippen LogP contribution is -2.41. The van der Waals surface area contributed by atoms with Crippen LogP contribution >= 0.6 is 24.4 Å². The normalized spacial score (nSPS) is 18.1. The molecule has 11 heteroatoms. The van der Waals surface area contributed by atoms with Crippen LogP contribution in [0.4, 0.5) is 0 Å². The fourth-order valence-electron chi connectivity index (χ4n) is 3.69. The Hall–Kier alpha value is -2.99. The predicted molar refractivity (Wildman–Crippen MR) is 143 cm³/mol. The summed E-state index contributed by atoms with van der Waals surface area (Å²) >= 11 is 5.92. The zero-order valence-corrected chi connectivity index (χ0v) is 21.7. The van der Waals surface area contributed by atoms with E-state index in [9.17, 15) is 23.1 Å². The molecule has 8 nitrogen and oxygen atoms in total. The van der Waals surface area contributed by atoms with Crippen LogP contribution in [0, 0.1) is 0 Å². The van der Waals surface area contributed by atoms with E-state index in [1.54, 1.807) is 47.4 Å². The fourth-order valence-corrected chi connectivity index (χ4v) is 5.84. The number of nitrogens with one attached hydrogen (secondary N) is 1. The number of aliphatic carboxylic acids is 1. The maximum atomic E-state index is 12.9. The lowest BCUT2D eigenvalue weighted by atomic mass is 10.0. The van der Waals surface area contributed by atoms with E-state index in [1.165, 1.54) is 11.8 Å². The van der Waals surface area contributed by atoms with Crippen molar-refractivity contribution >= 4 is 52.4 Å². The molecule has 1 fully saturated rings. The van der Waals surface area contributed by atoms with E-state index in [0.717, 1.165) is 17.4 Å². The smallest absolute Gasteiger partial charge is 0.322 e. The molecule has 0 unspecified atom stereocenters. The summed E-state index contributed by atoms with van der Waals surface area (Å²) in [6.07, 6.45) is 2.62. The second kappa shape index (κ2) is 11.0. The Kier molecular flexibility index (Phi) is 7.94. The number of amides is 1. The third-order valence-electron chi connectivity index (χ3n) is 5.40. The van der Waals surface area contributed by atoms with Crippen LogP contribution in [-0.2, 0) is 32.6 Å². The van der Waals surface area contributed by atoms with Gasteiger partial charge in [0.25, 0.3) is 5.91 Å². The first-order valence-corrected chi connectivity index (χ1v) is 14.2. The summed E-state index contributed by atoms with van der Waals surface area (Å²) < 4.78 is 30.6. The Balaban J connectivity index is 1.44. The van der Waals surface area contributed by atoms with Gasteiger partial charge >= 0.3 is 5.97 Å². The number of nitrogens with zero attached hydrogens (tertiary/aromatic N) is 1. The molecule has 2 aromatic carbocycles. The monoisotopic (exact) mass is 544 g/mol. The lowest BCUT2D eigenvalue weighted by molar-refractivity contribution is -0.139. The Morgan fingerprint density at radius 2 is 1.83 bits per heavy atom. The van der Waals surface area contributed by atoms with Gasteiger partial charge in [-0.05, 0) is 29.7 Å². The van der Waals surface area contributed by atoms with Gasteiger partial charge in [-0.1, -0.05) is 66.4 Å². The number of carboxylic acid groups (broad SMARTS) is 1. The van der Waals surface area contributed by atoms with E-state index >= 15 is 0 Å². The minimum atomic E-state index is -3.66. The van der Waals surface area contributed by atoms with Crippen molar-refractivity contribution in [3.63, 3.8) is 0 Å². The summed E-state index contributed by atoms with van der Waals surface area (Å²) in [5.74, 6) is -0.257. The predicted octanol–water partition coefficient (Wildman–Crippen LogP) is 3.82. The number of hydrogen-bond acceptors (Lipinski definition) is 7. The van der Waals surface area contributed by atoms with Crippen molar-refractivity contribution in [1.29, 1.82) is 0 Å². The van der Waals surface area contributed by atoms with E-state index in [1.807, 2.05) is 30.3 Å². The van der Waals surface area contributed by atoms with Gasteiger partial charge in [0.15, 0.2) is 0 Å². The van der Waals surface area contributed by atoms with E-state index in [-0.39, 0.29) is 17.0 Å². The molecule has 1 aromatic heterocycles. The van der Waals surface area contributed by atoms with Gasteiger partial charge in [0, 0.05) is 18.2 Å². The Bertz CT molecular complexity index is 1380. The van der Waals surface area contributed by atoms with Gasteiger partial charge in [0.1, 0.15) is 22.3 Å². The van der Waals surface area contributed by atoms with Gasteiger partial charge in [-0.3, -0.25) is 9.59 Å². The second-order valence-corrected chi connectivity index (χ2v) is 12.0. The summed E-state index contributed by atoms with van der Waals surface area (Å²) in [6.45, 7) is 0.469. The van der Waals surface area contributed by atoms with Crippen LogP contribution in [0.5, 0.6) is 0 Å². The Labute approximate surface area is 218 Å². The molecule has 188 valence electrons. The van der Waals surface area contributed by atoms with Crippen molar-refractivity contribution in [2.75, 3.05) is 6.26 Å². The van der Waals surface area contributed by atoms with Gasteiger partial charge in [-0.25, -0.2) is 13.1 Å². The number of carboxylic acids is 1. The van der Waals surface area contributed by atoms with E-state index in [4.69, 9.17) is 4.42 Å². The minimum Gasteiger partial charge on any atom is -0.480 e. The quantitative estimate of drug-likeness (QED) is 0.277. The van der Waals surface area contributed by atoms with Crippen LogP contribution in [0.3, 0.4) is 0 Å². The van der Waals surface area contributed by atoms with Gasteiger partial charge in [0.05, 0.1) is 11.2 Å². The number of rotatable bonds is 9. The molecule has 1 aliphatic rings. The van der Waals surface area contributed by atoms with Crippen molar-refractivity contribution in [3.05, 3.63) is 88.5 Å². The van der Waals surface area contributed by atoms with Crippen LogP contribution in [-0.4, -0.2) is 47.3 Å². The highest BCUT2D eigenvalue weighted by atomic mass is 32.2. The Morgan fingerprint density at radius 3 is 2.47 bits per heavy atom. The third-order valence-corrected chi connectivity index (χ3v) is 7.72. The molecular weight excluding hydrogens is 520 g/mol. The van der Waals surface area contributed by atoms with E-state index in [2.05, 4.69) is 17.4 Å². The van der Waals surface area contributed by atoms with Crippen LogP contribution in [0.2, 0.25) is 0 Å². The van der Waals surface area contributed by atoms with Crippen molar-refractivity contribution in [1.82, 2.24) is 9.62 Å². The molecule has 1 amide bonds. The largest absolute Gasteiger partial charge is 0.480 e. The summed E-state index contributed by atoms with van der Waals surface area (Å²) in [5, 5.41) is 9.29. The summed E-state index contributed by atoms with van der Waals surface area (Å²) in [7, 11) is -3.66. The molecule has 0 saturated carbocycles. The number of carbonyl (C=O) groups excluding carboxylic acids is 1. The van der Waals surface area contributed by atoms with Crippen LogP contribution in [0.25, 0.3) is 17.4 Å². The third kappa shape index (κ3) is 6.61. The molecule has 1 aliphatic heterocycles. The number of furan rings is 1. The van der Waals surface area contributed by atoms with Gasteiger partial charge in [-0.15, -0.1) is 12.6 Å². The van der Waals surface area contributed by atoms with Crippen LogP contribution in [0.15, 0.2) is 76.1 Å². The molecular formula is C25H24N2O6S3. The maximum Gasteiger partial charge on any atom is 0.322 e. The van der Waals surface area contributed by atoms with Crippen molar-refractivity contribution in [2.24, 2.45) is 0 Å². The topological polar surface area (TPSA) is 117 Å². The number of hydrogen-bond donors (Lipinski definition) is 3. The average molecular weight is 545 g/mol. The summed E-state index contributed by atoms with van der Waals surface area (Å²) in [5.41, 5.74) is 2.44. The second-order valence-electron chi connectivity index (χ2n) is 8.26. The zero-order valence-electron chi connectivity index (χ0n) is 19.2. The molecule has 4 rings (SSSR count). The molecule has 0 radical (unpaired) electrons. The molecule has 3 aromatic rings. The summed E-state index contributed by atoms with van der Waals surface area (Å²) in [4.78, 5) is 26.5. The fraction of sp³-hybridized carbons (Fsp3) is 0.200. The summed E-state index contributed by atoms with van der Waals surface area (Å²) in [6, 6.07) is 19.0. The maximum absolute atomic E-state index is 12.9. The number of benzene rings is 2. The molecule has 1 saturated heterocycles. The minimum absolute atomic E-state index is 0.00188. The molecule has 2 N–H and O–H groups in total. The molecule has 2 heterocycles. The number of carbonyl (C=O) groups is 2. The Morgan fingerprint density at radius 1 is 1.14 bits per heavy atom. The molecule has 2 atom stereocenters. The first-order chi connectivity index (χ1) is 17.1. The molecule has 36 heavy (non-hydrogen) atoms. The van der Waals surface area contributed by atoms with E-state index in [0.29, 0.717) is 28.5 Å². The number of thiol groups is 1. The zero-order chi connectivity index (χ0) is 25.9. The van der Waals surface area contributed by atoms with Crippen molar-refractivity contribution in [3.8, 4) is 11.3 Å². The highest BCUT2D eigenvalue weighted by Crippen LogP contribution is 2.39. The number of thioether (sulfide) groups is 1. The number of sulfonamides is 1. The standard InChI is InChI=1S/C25H24N2O6S3/c1-36(31,32)26-20(24(29)30)13-16-7-9-18(10-8-16)21-12-11-19(33-21)14-22-23(28)27(25(34)35-22)15-17-5-3-2-4-6-17/h2-12,14,20,25-26,34H,13,15H2,1H3,(H,29,30)/b22-14-/t20-,25-/m1/s1. The molecule has 0 bridgehead atoms. The van der Waals surface area contributed by atoms with Gasteiger partial charge in [0.2, 0.25) is 10.0 Å². The van der Waals surface area contributed by atoms with E-state index < -0.39 is 22.0 Å². The van der Waals surface area contributed by atoms with Crippen molar-refractivity contribution < 1.29 is 27.5 Å². The van der Waals surface area contributed by atoms with Gasteiger partial charge < -0.3 is 14.4 Å². The van der Waals surface area contributed by atoms with Crippen LogP contribution < -0.4 is 4.72 Å². The highest BCUT2D eigenvalue weighted by molar-refractivity contribution is 8.14. The van der Waals surface area contributed by atoms with Gasteiger partial charge in [-0.2, -0.15) is 0 Å². The average Bonchev–Trinajstić information content (AvgIpc) is 3.39. The van der Waals surface area contributed by atoms with Crippen LogP contribution in [0.1, 0.15) is 16.9 Å². The SMILES string of the molecule is CS(=O)(=O)N[C@H](Cc1ccc(-c2ccc(/C=C3\S[C@@H](S)N(Cc4ccccc4)C3=O)o2)cc1)C(=O)O. The lowest BCUT2D eigenvalue weighted by Gasteiger charge is -2.19. The van der Waals surface area contributed by atoms with Crippen molar-refractivity contribution in [2.45, 2.75) is 23.7 Å².